The highest BCUT2D eigenvalue weighted by Gasteiger charge is 2.38. The summed E-state index contributed by atoms with van der Waals surface area (Å²) in [5.41, 5.74) is 10.1. The van der Waals surface area contributed by atoms with Gasteiger partial charge in [0, 0.05) is 44.7 Å². The van der Waals surface area contributed by atoms with Crippen molar-refractivity contribution in [2.45, 2.75) is 19.4 Å². The van der Waals surface area contributed by atoms with Crippen molar-refractivity contribution in [3.8, 4) is 0 Å². The second-order valence-electron chi connectivity index (χ2n) is 8.24. The average Bonchev–Trinajstić information content (AvgIpc) is 3.45. The topological polar surface area (TPSA) is 68.3 Å². The van der Waals surface area contributed by atoms with E-state index >= 15 is 0 Å². The summed E-state index contributed by atoms with van der Waals surface area (Å²) in [6, 6.07) is 16.0. The number of nitrogens with two attached hydrogens (primary N) is 1. The number of rotatable bonds is 3. The largest absolute Gasteiger partial charge is 0.343 e. The monoisotopic (exact) mass is 463 g/mol. The van der Waals surface area contributed by atoms with Crippen LogP contribution in [0.3, 0.4) is 0 Å². The lowest BCUT2D eigenvalue weighted by Crippen LogP contribution is -2.33. The maximum absolute atomic E-state index is 13.6. The minimum Gasteiger partial charge on any atom is -0.343 e. The highest BCUT2D eigenvalue weighted by atomic mass is 35.5. The predicted molar refractivity (Wildman–Crippen MR) is 132 cm³/mol. The molecule has 32 heavy (non-hydrogen) atoms. The van der Waals surface area contributed by atoms with Gasteiger partial charge in [-0.2, -0.15) is 0 Å². The Hall–Kier alpha value is -2.93. The number of hydrogen-bond donors (Lipinski definition) is 1. The summed E-state index contributed by atoms with van der Waals surface area (Å²) in [5, 5.41) is 3.93. The Morgan fingerprint density at radius 2 is 1.78 bits per heavy atom. The fourth-order valence-corrected chi connectivity index (χ4v) is 5.96. The fraction of sp³-hybridized carbons (Fsp3) is 0.200. The van der Waals surface area contributed by atoms with Crippen molar-refractivity contribution < 1.29 is 9.59 Å². The van der Waals surface area contributed by atoms with Gasteiger partial charge in [0.25, 0.3) is 11.8 Å². The number of imide groups is 1. The van der Waals surface area contributed by atoms with Crippen molar-refractivity contribution in [3.63, 3.8) is 0 Å². The van der Waals surface area contributed by atoms with E-state index in [1.165, 1.54) is 11.0 Å². The zero-order valence-corrected chi connectivity index (χ0v) is 18.9. The molecule has 0 saturated heterocycles. The highest BCUT2D eigenvalue weighted by Crippen LogP contribution is 2.42. The Labute approximate surface area is 195 Å². The van der Waals surface area contributed by atoms with Crippen molar-refractivity contribution in [1.29, 1.82) is 0 Å². The number of carbonyl (C=O) groups is 2. The number of anilines is 1. The summed E-state index contributed by atoms with van der Waals surface area (Å²) in [6.45, 7) is 1.45. The summed E-state index contributed by atoms with van der Waals surface area (Å²) >= 11 is 1.59. The second-order valence-corrected chi connectivity index (χ2v) is 9.15. The SMILES string of the molecule is Cl.NCC1CCn2c(c(N3C(=O)C=C(c4csc5ccccc45)C3=O)c3ccccc32)C1. The first kappa shape index (κ1) is 20.9. The predicted octanol–water partition coefficient (Wildman–Crippen LogP) is 4.76. The third-order valence-corrected chi connectivity index (χ3v) is 7.51. The van der Waals surface area contributed by atoms with Gasteiger partial charge >= 0.3 is 0 Å². The molecule has 2 amide bonds. The number of nitrogens with zero attached hydrogens (tertiary/aromatic N) is 2. The van der Waals surface area contributed by atoms with Crippen molar-refractivity contribution in [2.75, 3.05) is 11.4 Å². The molecule has 1 unspecified atom stereocenters. The van der Waals surface area contributed by atoms with E-state index in [2.05, 4.69) is 10.6 Å². The smallest absolute Gasteiger partial charge is 0.266 e. The van der Waals surface area contributed by atoms with Gasteiger partial charge in [-0.1, -0.05) is 36.4 Å². The Morgan fingerprint density at radius 3 is 2.59 bits per heavy atom. The molecule has 2 aromatic carbocycles. The lowest BCUT2D eigenvalue weighted by Gasteiger charge is -2.26. The normalized spacial score (nSPS) is 18.2. The Morgan fingerprint density at radius 1 is 1.03 bits per heavy atom. The summed E-state index contributed by atoms with van der Waals surface area (Å²) < 4.78 is 3.37. The van der Waals surface area contributed by atoms with Crippen LogP contribution in [0.2, 0.25) is 0 Å². The summed E-state index contributed by atoms with van der Waals surface area (Å²) in [5.74, 6) is -0.163. The summed E-state index contributed by atoms with van der Waals surface area (Å²) in [6.07, 6.45) is 3.28. The van der Waals surface area contributed by atoms with Crippen LogP contribution in [-0.4, -0.2) is 22.9 Å². The van der Waals surface area contributed by atoms with Crippen LogP contribution < -0.4 is 10.6 Å². The minimum atomic E-state index is -0.274. The molecule has 4 aromatic rings. The maximum atomic E-state index is 13.6. The van der Waals surface area contributed by atoms with Crippen LogP contribution in [-0.2, 0) is 22.6 Å². The zero-order chi connectivity index (χ0) is 21.1. The van der Waals surface area contributed by atoms with Crippen LogP contribution >= 0.6 is 23.7 Å². The van der Waals surface area contributed by atoms with E-state index in [9.17, 15) is 9.59 Å². The molecule has 2 N–H and O–H groups in total. The van der Waals surface area contributed by atoms with E-state index in [0.29, 0.717) is 18.0 Å². The van der Waals surface area contributed by atoms with Crippen LogP contribution in [0.25, 0.3) is 26.6 Å². The van der Waals surface area contributed by atoms with Crippen molar-refractivity contribution in [1.82, 2.24) is 4.57 Å². The number of carbonyl (C=O) groups excluding carboxylic acids is 2. The number of aromatic nitrogens is 1. The van der Waals surface area contributed by atoms with Crippen LogP contribution in [0, 0.1) is 5.92 Å². The molecule has 162 valence electrons. The van der Waals surface area contributed by atoms with Crippen LogP contribution in [0.15, 0.2) is 60.0 Å². The van der Waals surface area contributed by atoms with Crippen LogP contribution in [0.4, 0.5) is 5.69 Å². The molecule has 1 atom stereocenters. The summed E-state index contributed by atoms with van der Waals surface area (Å²) in [7, 11) is 0. The van der Waals surface area contributed by atoms with Crippen molar-refractivity contribution in [2.24, 2.45) is 11.7 Å². The Kier molecular flexibility index (Phi) is 5.16. The number of hydrogen-bond acceptors (Lipinski definition) is 4. The third-order valence-electron chi connectivity index (χ3n) is 6.54. The molecular weight excluding hydrogens is 442 g/mol. The first-order valence-corrected chi connectivity index (χ1v) is 11.4. The van der Waals surface area contributed by atoms with E-state index in [-0.39, 0.29) is 24.2 Å². The van der Waals surface area contributed by atoms with E-state index < -0.39 is 0 Å². The number of para-hydroxylation sites is 1. The van der Waals surface area contributed by atoms with Crippen molar-refractivity contribution >= 4 is 67.8 Å². The molecule has 0 fully saturated rings. The van der Waals surface area contributed by atoms with Crippen LogP contribution in [0.5, 0.6) is 0 Å². The molecule has 6 rings (SSSR count). The average molecular weight is 464 g/mol. The molecule has 0 bridgehead atoms. The zero-order valence-electron chi connectivity index (χ0n) is 17.3. The van der Waals surface area contributed by atoms with Gasteiger partial charge in [-0.3, -0.25) is 9.59 Å². The molecular formula is C25H22ClN3O2S. The lowest BCUT2D eigenvalue weighted by molar-refractivity contribution is -0.119. The standard InChI is InChI=1S/C25H21N3O2S.ClH/c26-13-15-9-10-27-20-7-3-1-6-17(20)24(21(27)11-15)28-23(29)12-18(25(28)30)19-14-31-22-8-4-2-5-16(19)22;/h1-8,12,14-15H,9-11,13,26H2;1H. The van der Waals surface area contributed by atoms with Gasteiger partial charge in [0.05, 0.1) is 16.8 Å². The van der Waals surface area contributed by atoms with Gasteiger partial charge < -0.3 is 10.3 Å². The number of aryl methyl sites for hydroxylation is 1. The van der Waals surface area contributed by atoms with Gasteiger partial charge in [0.15, 0.2) is 0 Å². The molecule has 7 heteroatoms. The first-order valence-electron chi connectivity index (χ1n) is 10.5. The number of amides is 2. The molecule has 4 heterocycles. The molecule has 0 radical (unpaired) electrons. The molecule has 2 aromatic heterocycles. The lowest BCUT2D eigenvalue weighted by atomic mass is 9.95. The second kappa shape index (κ2) is 7.89. The van der Waals surface area contributed by atoms with Gasteiger partial charge in [-0.25, -0.2) is 4.90 Å². The maximum Gasteiger partial charge on any atom is 0.266 e. The molecule has 2 aliphatic heterocycles. The third kappa shape index (κ3) is 2.94. The number of benzene rings is 2. The first-order chi connectivity index (χ1) is 15.2. The molecule has 5 nitrogen and oxygen atoms in total. The van der Waals surface area contributed by atoms with Gasteiger partial charge in [-0.05, 0) is 37.4 Å². The van der Waals surface area contributed by atoms with E-state index in [0.717, 1.165) is 57.3 Å². The number of fused-ring (bicyclic) bond motifs is 4. The van der Waals surface area contributed by atoms with Gasteiger partial charge in [0.1, 0.15) is 0 Å². The quantitative estimate of drug-likeness (QED) is 0.445. The fourth-order valence-electron chi connectivity index (χ4n) is 5.00. The Balaban J connectivity index is 0.00000216. The molecule has 0 saturated carbocycles. The number of thiophene rings is 1. The molecule has 0 spiro atoms. The molecule has 2 aliphatic rings. The van der Waals surface area contributed by atoms with Gasteiger partial charge in [-0.15, -0.1) is 23.7 Å². The van der Waals surface area contributed by atoms with Gasteiger partial charge in [0.2, 0.25) is 0 Å². The van der Waals surface area contributed by atoms with Crippen LogP contribution in [0.1, 0.15) is 17.7 Å². The number of halogens is 1. The van der Waals surface area contributed by atoms with E-state index in [1.807, 2.05) is 47.8 Å². The minimum absolute atomic E-state index is 0. The van der Waals surface area contributed by atoms with E-state index in [1.54, 1.807) is 11.3 Å². The van der Waals surface area contributed by atoms with Crippen molar-refractivity contribution in [3.05, 3.63) is 71.2 Å². The Bertz CT molecular complexity index is 1420. The molecule has 0 aliphatic carbocycles. The van der Waals surface area contributed by atoms with E-state index in [4.69, 9.17) is 5.73 Å². The summed E-state index contributed by atoms with van der Waals surface area (Å²) in [4.78, 5) is 28.2. The highest BCUT2D eigenvalue weighted by molar-refractivity contribution is 7.17.